The van der Waals surface area contributed by atoms with Gasteiger partial charge in [-0.3, -0.25) is 14.4 Å². The predicted octanol–water partition coefficient (Wildman–Crippen LogP) is 2.88. The van der Waals surface area contributed by atoms with Crippen LogP contribution < -0.4 is 0 Å². The standard InChI is InChI=1S/C18H22O6/c1-11(16(19)20)15(12-7-3-2-4-8-12)24-18(23)14-10-6-5-9-13(14)17(21)22/h2-4,7-8,11,13-15H,5-6,9-10H2,1H3,(H,19,20)(H,21,22). The van der Waals surface area contributed by atoms with Crippen LogP contribution in [0.25, 0.3) is 0 Å². The number of carbonyl (C=O) groups is 3. The van der Waals surface area contributed by atoms with E-state index in [0.29, 0.717) is 18.4 Å². The second-order valence-electron chi connectivity index (χ2n) is 6.23. The van der Waals surface area contributed by atoms with Crippen LogP contribution in [-0.2, 0) is 19.1 Å². The highest BCUT2D eigenvalue weighted by Gasteiger charge is 2.39. The lowest BCUT2D eigenvalue weighted by Gasteiger charge is -2.29. The van der Waals surface area contributed by atoms with Gasteiger partial charge in [0, 0.05) is 0 Å². The first-order chi connectivity index (χ1) is 11.4. The Morgan fingerprint density at radius 3 is 2.17 bits per heavy atom. The first-order valence-corrected chi connectivity index (χ1v) is 8.13. The number of hydrogen-bond acceptors (Lipinski definition) is 4. The van der Waals surface area contributed by atoms with Crippen LogP contribution in [0, 0.1) is 17.8 Å². The Labute approximate surface area is 140 Å². The minimum atomic E-state index is -1.07. The molecule has 0 saturated heterocycles. The first-order valence-electron chi connectivity index (χ1n) is 8.13. The quantitative estimate of drug-likeness (QED) is 0.776. The Bertz CT molecular complexity index is 597. The van der Waals surface area contributed by atoms with Crippen molar-refractivity contribution >= 4 is 17.9 Å². The Hall–Kier alpha value is -2.37. The summed E-state index contributed by atoms with van der Waals surface area (Å²) >= 11 is 0. The molecule has 6 heteroatoms. The predicted molar refractivity (Wildman–Crippen MR) is 85.2 cm³/mol. The molecule has 4 atom stereocenters. The summed E-state index contributed by atoms with van der Waals surface area (Å²) in [6.07, 6.45) is 1.51. The van der Waals surface area contributed by atoms with Gasteiger partial charge in [-0.25, -0.2) is 0 Å². The van der Waals surface area contributed by atoms with Crippen LogP contribution in [-0.4, -0.2) is 28.1 Å². The van der Waals surface area contributed by atoms with Crippen LogP contribution in [0.4, 0.5) is 0 Å². The number of hydrogen-bond donors (Lipinski definition) is 2. The van der Waals surface area contributed by atoms with Crippen molar-refractivity contribution in [2.24, 2.45) is 17.8 Å². The van der Waals surface area contributed by atoms with Gasteiger partial charge in [0.15, 0.2) is 0 Å². The number of benzene rings is 1. The number of rotatable bonds is 6. The number of carboxylic acids is 2. The van der Waals surface area contributed by atoms with Crippen LogP contribution in [0.2, 0.25) is 0 Å². The zero-order chi connectivity index (χ0) is 17.7. The van der Waals surface area contributed by atoms with E-state index in [-0.39, 0.29) is 0 Å². The maximum atomic E-state index is 12.5. The van der Waals surface area contributed by atoms with Crippen LogP contribution in [0.3, 0.4) is 0 Å². The van der Waals surface area contributed by atoms with Crippen molar-refractivity contribution in [3.8, 4) is 0 Å². The van der Waals surface area contributed by atoms with Gasteiger partial charge in [0.05, 0.1) is 17.8 Å². The lowest BCUT2D eigenvalue weighted by atomic mass is 9.79. The van der Waals surface area contributed by atoms with E-state index < -0.39 is 41.8 Å². The van der Waals surface area contributed by atoms with Crippen LogP contribution in [0.15, 0.2) is 30.3 Å². The zero-order valence-electron chi connectivity index (χ0n) is 13.6. The van der Waals surface area contributed by atoms with Crippen LogP contribution >= 0.6 is 0 Å². The van der Waals surface area contributed by atoms with E-state index >= 15 is 0 Å². The topological polar surface area (TPSA) is 101 Å². The lowest BCUT2D eigenvalue weighted by molar-refractivity contribution is -0.169. The van der Waals surface area contributed by atoms with E-state index in [1.807, 2.05) is 0 Å². The largest absolute Gasteiger partial charge is 0.481 e. The molecule has 0 heterocycles. The minimum Gasteiger partial charge on any atom is -0.481 e. The summed E-state index contributed by atoms with van der Waals surface area (Å²) < 4.78 is 5.50. The van der Waals surface area contributed by atoms with E-state index in [9.17, 15) is 24.6 Å². The summed E-state index contributed by atoms with van der Waals surface area (Å²) in [7, 11) is 0. The molecule has 6 nitrogen and oxygen atoms in total. The van der Waals surface area contributed by atoms with Crippen molar-refractivity contribution in [2.75, 3.05) is 0 Å². The average molecular weight is 334 g/mol. The third-order valence-corrected chi connectivity index (χ3v) is 4.60. The summed E-state index contributed by atoms with van der Waals surface area (Å²) in [6, 6.07) is 8.67. The van der Waals surface area contributed by atoms with Crippen molar-refractivity contribution in [1.82, 2.24) is 0 Å². The normalized spacial score (nSPS) is 23.0. The highest BCUT2D eigenvalue weighted by Crippen LogP contribution is 2.34. The van der Waals surface area contributed by atoms with Gasteiger partial charge >= 0.3 is 17.9 Å². The molecule has 130 valence electrons. The lowest BCUT2D eigenvalue weighted by Crippen LogP contribution is -2.35. The summed E-state index contributed by atoms with van der Waals surface area (Å²) in [6.45, 7) is 1.48. The Kier molecular flexibility index (Phi) is 5.95. The fraction of sp³-hybridized carbons (Fsp3) is 0.500. The molecule has 2 N–H and O–H groups in total. The molecule has 1 aromatic rings. The molecule has 24 heavy (non-hydrogen) atoms. The number of ether oxygens (including phenoxy) is 1. The molecule has 1 aliphatic carbocycles. The molecule has 1 aliphatic rings. The Morgan fingerprint density at radius 1 is 1.04 bits per heavy atom. The fourth-order valence-electron chi connectivity index (χ4n) is 3.15. The number of aliphatic carboxylic acids is 2. The van der Waals surface area contributed by atoms with Gasteiger partial charge in [-0.2, -0.15) is 0 Å². The molecular formula is C18H22O6. The SMILES string of the molecule is CC(C(=O)O)C(OC(=O)C1CCCCC1C(=O)O)c1ccccc1. The zero-order valence-corrected chi connectivity index (χ0v) is 13.6. The minimum absolute atomic E-state index is 0.444. The molecule has 1 saturated carbocycles. The van der Waals surface area contributed by atoms with Crippen LogP contribution in [0.5, 0.6) is 0 Å². The molecule has 1 fully saturated rings. The highest BCUT2D eigenvalue weighted by atomic mass is 16.5. The number of carbonyl (C=O) groups excluding carboxylic acids is 1. The summed E-state index contributed by atoms with van der Waals surface area (Å²) in [5.74, 6) is -5.10. The van der Waals surface area contributed by atoms with Crippen molar-refractivity contribution in [2.45, 2.75) is 38.7 Å². The number of carboxylic acid groups (broad SMARTS) is 2. The molecule has 0 aromatic heterocycles. The molecule has 4 unspecified atom stereocenters. The molecule has 0 spiro atoms. The highest BCUT2D eigenvalue weighted by molar-refractivity contribution is 5.82. The molecule has 1 aromatic carbocycles. The molecular weight excluding hydrogens is 312 g/mol. The maximum Gasteiger partial charge on any atom is 0.310 e. The Balaban J connectivity index is 2.20. The maximum absolute atomic E-state index is 12.5. The molecule has 0 bridgehead atoms. The van der Waals surface area contributed by atoms with Gasteiger partial charge in [0.1, 0.15) is 6.10 Å². The van der Waals surface area contributed by atoms with E-state index in [4.69, 9.17) is 4.74 Å². The molecule has 0 aliphatic heterocycles. The van der Waals surface area contributed by atoms with Gasteiger partial charge in [0.2, 0.25) is 0 Å². The molecule has 0 radical (unpaired) electrons. The van der Waals surface area contributed by atoms with E-state index in [2.05, 4.69) is 0 Å². The van der Waals surface area contributed by atoms with Crippen molar-refractivity contribution in [3.05, 3.63) is 35.9 Å². The number of esters is 1. The molecule has 0 amide bonds. The third-order valence-electron chi connectivity index (χ3n) is 4.60. The Morgan fingerprint density at radius 2 is 1.62 bits per heavy atom. The van der Waals surface area contributed by atoms with Gasteiger partial charge in [-0.15, -0.1) is 0 Å². The fourth-order valence-corrected chi connectivity index (χ4v) is 3.15. The first kappa shape index (κ1) is 18.0. The average Bonchev–Trinajstić information content (AvgIpc) is 2.59. The summed E-state index contributed by atoms with van der Waals surface area (Å²) in [5.41, 5.74) is 0.587. The summed E-state index contributed by atoms with van der Waals surface area (Å²) in [4.78, 5) is 35.3. The van der Waals surface area contributed by atoms with Crippen LogP contribution in [0.1, 0.15) is 44.3 Å². The second-order valence-corrected chi connectivity index (χ2v) is 6.23. The van der Waals surface area contributed by atoms with Crippen molar-refractivity contribution in [1.29, 1.82) is 0 Å². The van der Waals surface area contributed by atoms with E-state index in [1.54, 1.807) is 30.3 Å². The summed E-state index contributed by atoms with van der Waals surface area (Å²) in [5, 5.41) is 18.6. The van der Waals surface area contributed by atoms with E-state index in [1.165, 1.54) is 6.92 Å². The van der Waals surface area contributed by atoms with Crippen molar-refractivity contribution in [3.63, 3.8) is 0 Å². The van der Waals surface area contributed by atoms with Gasteiger partial charge in [-0.1, -0.05) is 43.2 Å². The van der Waals surface area contributed by atoms with Gasteiger partial charge < -0.3 is 14.9 Å². The third kappa shape index (κ3) is 4.13. The van der Waals surface area contributed by atoms with Crippen molar-refractivity contribution < 1.29 is 29.3 Å². The van der Waals surface area contributed by atoms with E-state index in [0.717, 1.165) is 12.8 Å². The van der Waals surface area contributed by atoms with Gasteiger partial charge in [0.25, 0.3) is 0 Å². The molecule has 2 rings (SSSR count). The van der Waals surface area contributed by atoms with Gasteiger partial charge in [-0.05, 0) is 25.3 Å². The smallest absolute Gasteiger partial charge is 0.310 e. The second kappa shape index (κ2) is 7.95. The monoisotopic (exact) mass is 334 g/mol.